The summed E-state index contributed by atoms with van der Waals surface area (Å²) in [5.74, 6) is 0. The zero-order chi connectivity index (χ0) is 14.8. The molecular formula is C19H23N. The number of nitrogens with zero attached hydrogens (tertiary/aromatic N) is 1. The van der Waals surface area contributed by atoms with E-state index in [0.717, 1.165) is 5.69 Å². The summed E-state index contributed by atoms with van der Waals surface area (Å²) in [6, 6.07) is 11.0. The molecule has 104 valence electrons. The van der Waals surface area contributed by atoms with E-state index in [1.807, 2.05) is 13.1 Å². The quantitative estimate of drug-likeness (QED) is 0.709. The number of benzene rings is 1. The maximum atomic E-state index is 4.39. The van der Waals surface area contributed by atoms with Crippen LogP contribution in [0.3, 0.4) is 0 Å². The van der Waals surface area contributed by atoms with Crippen molar-refractivity contribution in [1.82, 2.24) is 4.98 Å². The number of aromatic nitrogens is 1. The van der Waals surface area contributed by atoms with Gasteiger partial charge in [-0.1, -0.05) is 57.2 Å². The second-order valence-corrected chi connectivity index (χ2v) is 6.18. The fraction of sp³-hybridized carbons (Fsp3) is 0.316. The summed E-state index contributed by atoms with van der Waals surface area (Å²) in [4.78, 5) is 4.39. The average Bonchev–Trinajstić information content (AvgIpc) is 2.40. The van der Waals surface area contributed by atoms with Gasteiger partial charge in [-0.3, -0.25) is 4.98 Å². The van der Waals surface area contributed by atoms with Crippen LogP contribution in [0.2, 0.25) is 0 Å². The van der Waals surface area contributed by atoms with Crippen LogP contribution >= 0.6 is 0 Å². The van der Waals surface area contributed by atoms with E-state index in [9.17, 15) is 0 Å². The lowest BCUT2D eigenvalue weighted by atomic mass is 9.86. The van der Waals surface area contributed by atoms with Crippen LogP contribution in [0.4, 0.5) is 0 Å². The van der Waals surface area contributed by atoms with Crippen LogP contribution in [0, 0.1) is 6.92 Å². The molecule has 0 saturated heterocycles. The Balaban J connectivity index is 2.50. The highest BCUT2D eigenvalue weighted by atomic mass is 14.7. The van der Waals surface area contributed by atoms with E-state index in [2.05, 4.69) is 75.2 Å². The molecule has 1 nitrogen and oxygen atoms in total. The van der Waals surface area contributed by atoms with Gasteiger partial charge in [0.25, 0.3) is 0 Å². The summed E-state index contributed by atoms with van der Waals surface area (Å²) in [5, 5.41) is 0. The van der Waals surface area contributed by atoms with Gasteiger partial charge in [0.05, 0.1) is 0 Å². The van der Waals surface area contributed by atoms with Gasteiger partial charge in [0.2, 0.25) is 0 Å². The number of aryl methyl sites for hydroxylation is 1. The molecule has 0 atom stereocenters. The summed E-state index contributed by atoms with van der Waals surface area (Å²) in [7, 11) is 0. The van der Waals surface area contributed by atoms with E-state index < -0.39 is 0 Å². The molecule has 0 radical (unpaired) electrons. The highest BCUT2D eigenvalue weighted by Crippen LogP contribution is 2.29. The molecule has 0 amide bonds. The van der Waals surface area contributed by atoms with Crippen molar-refractivity contribution in [2.45, 2.75) is 40.0 Å². The maximum Gasteiger partial charge on any atom is 0.0451 e. The third kappa shape index (κ3) is 2.98. The normalized spacial score (nSPS) is 12.1. The van der Waals surface area contributed by atoms with Crippen molar-refractivity contribution < 1.29 is 0 Å². The molecule has 1 aromatic heterocycles. The summed E-state index contributed by atoms with van der Waals surface area (Å²) in [6.07, 6.45) is 6.09. The first-order chi connectivity index (χ1) is 9.43. The van der Waals surface area contributed by atoms with Crippen molar-refractivity contribution in [3.05, 3.63) is 59.4 Å². The van der Waals surface area contributed by atoms with Crippen LogP contribution in [-0.4, -0.2) is 4.98 Å². The van der Waals surface area contributed by atoms with Crippen LogP contribution in [0.25, 0.3) is 17.2 Å². The lowest BCUT2D eigenvalue weighted by Gasteiger charge is -2.19. The van der Waals surface area contributed by atoms with Crippen LogP contribution in [-0.2, 0) is 5.41 Å². The molecule has 20 heavy (non-hydrogen) atoms. The molecule has 0 bridgehead atoms. The van der Waals surface area contributed by atoms with Crippen LogP contribution in [0.5, 0.6) is 0 Å². The Morgan fingerprint density at radius 3 is 2.20 bits per heavy atom. The first kappa shape index (κ1) is 14.5. The standard InChI is InChI=1S/C19H23N/c1-6-7-17-14(2)20-13-12-18(17)15-8-10-16(11-9-15)19(3,4)5/h6-13H,1-5H3/b7-6+. The Morgan fingerprint density at radius 2 is 1.65 bits per heavy atom. The van der Waals surface area contributed by atoms with Gasteiger partial charge in [0.15, 0.2) is 0 Å². The van der Waals surface area contributed by atoms with E-state index in [4.69, 9.17) is 0 Å². The molecule has 1 aromatic carbocycles. The summed E-state index contributed by atoms with van der Waals surface area (Å²) < 4.78 is 0. The van der Waals surface area contributed by atoms with Gasteiger partial charge in [-0.15, -0.1) is 0 Å². The van der Waals surface area contributed by atoms with Gasteiger partial charge in [0.1, 0.15) is 0 Å². The molecular weight excluding hydrogens is 242 g/mol. The molecule has 0 N–H and O–H groups in total. The van der Waals surface area contributed by atoms with Crippen molar-refractivity contribution in [2.24, 2.45) is 0 Å². The molecule has 0 fully saturated rings. The van der Waals surface area contributed by atoms with Gasteiger partial charge in [-0.05, 0) is 42.0 Å². The molecule has 0 aliphatic carbocycles. The Morgan fingerprint density at radius 1 is 1.00 bits per heavy atom. The fourth-order valence-corrected chi connectivity index (χ4v) is 2.36. The first-order valence-electron chi connectivity index (χ1n) is 7.12. The number of allylic oxidation sites excluding steroid dienone is 1. The zero-order valence-corrected chi connectivity index (χ0v) is 13.1. The van der Waals surface area contributed by atoms with Gasteiger partial charge < -0.3 is 0 Å². The van der Waals surface area contributed by atoms with Crippen LogP contribution in [0.15, 0.2) is 42.6 Å². The SMILES string of the molecule is C/C=C/c1c(-c2ccc(C(C)(C)C)cc2)ccnc1C. The molecule has 1 heteroatoms. The van der Waals surface area contributed by atoms with Crippen molar-refractivity contribution in [3.63, 3.8) is 0 Å². The molecule has 1 heterocycles. The van der Waals surface area contributed by atoms with Gasteiger partial charge in [-0.25, -0.2) is 0 Å². The van der Waals surface area contributed by atoms with Gasteiger partial charge in [0, 0.05) is 17.5 Å². The lowest BCUT2D eigenvalue weighted by Crippen LogP contribution is -2.10. The molecule has 2 rings (SSSR count). The molecule has 0 unspecified atom stereocenters. The van der Waals surface area contributed by atoms with Crippen molar-refractivity contribution in [2.75, 3.05) is 0 Å². The topological polar surface area (TPSA) is 12.9 Å². The molecule has 0 saturated carbocycles. The van der Waals surface area contributed by atoms with Crippen molar-refractivity contribution in [1.29, 1.82) is 0 Å². The third-order valence-corrected chi connectivity index (χ3v) is 3.58. The van der Waals surface area contributed by atoms with E-state index in [1.54, 1.807) is 0 Å². The molecule has 0 aliphatic heterocycles. The number of pyridine rings is 1. The predicted molar refractivity (Wildman–Crippen MR) is 87.8 cm³/mol. The van der Waals surface area contributed by atoms with E-state index in [-0.39, 0.29) is 5.41 Å². The summed E-state index contributed by atoms with van der Waals surface area (Å²) >= 11 is 0. The summed E-state index contributed by atoms with van der Waals surface area (Å²) in [6.45, 7) is 10.8. The smallest absolute Gasteiger partial charge is 0.0451 e. The van der Waals surface area contributed by atoms with Gasteiger partial charge >= 0.3 is 0 Å². The highest BCUT2D eigenvalue weighted by Gasteiger charge is 2.13. The fourth-order valence-electron chi connectivity index (χ4n) is 2.36. The second kappa shape index (κ2) is 5.62. The molecule has 2 aromatic rings. The minimum absolute atomic E-state index is 0.193. The molecule has 0 spiro atoms. The predicted octanol–water partition coefficient (Wildman–Crippen LogP) is 5.39. The Kier molecular flexibility index (Phi) is 4.08. The Bertz CT molecular complexity index is 613. The highest BCUT2D eigenvalue weighted by molar-refractivity contribution is 5.76. The minimum atomic E-state index is 0.193. The maximum absolute atomic E-state index is 4.39. The number of hydrogen-bond donors (Lipinski definition) is 0. The number of rotatable bonds is 2. The molecule has 0 aliphatic rings. The second-order valence-electron chi connectivity index (χ2n) is 6.18. The first-order valence-corrected chi connectivity index (χ1v) is 7.12. The van der Waals surface area contributed by atoms with Gasteiger partial charge in [-0.2, -0.15) is 0 Å². The van der Waals surface area contributed by atoms with E-state index in [0.29, 0.717) is 0 Å². The van der Waals surface area contributed by atoms with Crippen molar-refractivity contribution >= 4 is 6.08 Å². The lowest BCUT2D eigenvalue weighted by molar-refractivity contribution is 0.590. The monoisotopic (exact) mass is 265 g/mol. The Hall–Kier alpha value is -1.89. The zero-order valence-electron chi connectivity index (χ0n) is 13.1. The minimum Gasteiger partial charge on any atom is -0.261 e. The summed E-state index contributed by atoms with van der Waals surface area (Å²) in [5.41, 5.74) is 6.32. The van der Waals surface area contributed by atoms with E-state index in [1.165, 1.54) is 22.3 Å². The Labute approximate surface area is 122 Å². The van der Waals surface area contributed by atoms with Crippen LogP contribution in [0.1, 0.15) is 44.5 Å². The number of hydrogen-bond acceptors (Lipinski definition) is 1. The largest absolute Gasteiger partial charge is 0.261 e. The third-order valence-electron chi connectivity index (χ3n) is 3.58. The van der Waals surface area contributed by atoms with Crippen LogP contribution < -0.4 is 0 Å². The van der Waals surface area contributed by atoms with E-state index >= 15 is 0 Å². The van der Waals surface area contributed by atoms with Crippen molar-refractivity contribution in [3.8, 4) is 11.1 Å². The average molecular weight is 265 g/mol.